The van der Waals surface area contributed by atoms with Crippen molar-refractivity contribution in [1.29, 1.82) is 5.41 Å². The molecular formula is C31H33F4N5O5S. The molecule has 15 heteroatoms. The number of benzene rings is 2. The number of halogens is 4. The standard InChI is InChI=1S/C31H33F4N5O5S/c1-4-24(36)26-13-20(31(33,34)35)8-11-39(26)25-9-12-45-28-16-29(23(32)15-22(25)28)46(41,42)40(30-7-10-37-18-38-30)17-19-5-6-21(43-2)14-27(19)44-3/h4-7,10,14-16,18,20,25-26,36H,1,8-9,11-13,17H2,2-3H3/t20-,25+,26+/m1/s1. The van der Waals surface area contributed by atoms with Crippen molar-refractivity contribution in [2.24, 2.45) is 5.92 Å². The summed E-state index contributed by atoms with van der Waals surface area (Å²) in [6.07, 6.45) is -0.897. The van der Waals surface area contributed by atoms with Gasteiger partial charge in [0.1, 0.15) is 40.1 Å². The van der Waals surface area contributed by atoms with Gasteiger partial charge >= 0.3 is 6.18 Å². The molecule has 3 aromatic rings. The van der Waals surface area contributed by atoms with Crippen LogP contribution in [0.3, 0.4) is 0 Å². The van der Waals surface area contributed by atoms with E-state index in [9.17, 15) is 21.6 Å². The lowest BCUT2D eigenvalue weighted by Crippen LogP contribution is -2.51. The summed E-state index contributed by atoms with van der Waals surface area (Å²) >= 11 is 0. The number of anilines is 1. The Balaban J connectivity index is 1.53. The lowest BCUT2D eigenvalue weighted by molar-refractivity contribution is -0.189. The smallest absolute Gasteiger partial charge is 0.391 e. The van der Waals surface area contributed by atoms with Gasteiger partial charge < -0.3 is 19.6 Å². The maximum absolute atomic E-state index is 16.1. The number of rotatable bonds is 10. The molecule has 0 aliphatic carbocycles. The average molecular weight is 664 g/mol. The number of nitrogens with one attached hydrogen (secondary N) is 1. The van der Waals surface area contributed by atoms with Crippen molar-refractivity contribution >= 4 is 21.6 Å². The molecule has 1 N–H and O–H groups in total. The van der Waals surface area contributed by atoms with E-state index in [-0.39, 0.29) is 49.8 Å². The van der Waals surface area contributed by atoms with Crippen molar-refractivity contribution in [2.45, 2.75) is 49.0 Å². The zero-order chi connectivity index (χ0) is 33.2. The lowest BCUT2D eigenvalue weighted by Gasteiger charge is -2.45. The van der Waals surface area contributed by atoms with E-state index in [2.05, 4.69) is 16.5 Å². The van der Waals surface area contributed by atoms with Gasteiger partial charge in [0.15, 0.2) is 0 Å². The monoisotopic (exact) mass is 663 g/mol. The van der Waals surface area contributed by atoms with Crippen LogP contribution in [0.5, 0.6) is 17.2 Å². The van der Waals surface area contributed by atoms with E-state index in [1.807, 2.05) is 0 Å². The first-order valence-electron chi connectivity index (χ1n) is 14.4. The van der Waals surface area contributed by atoms with Gasteiger partial charge in [-0.15, -0.1) is 0 Å². The van der Waals surface area contributed by atoms with Crippen molar-refractivity contribution in [2.75, 3.05) is 31.7 Å². The number of sulfonamides is 1. The minimum atomic E-state index is -4.64. The maximum Gasteiger partial charge on any atom is 0.391 e. The molecule has 2 aliphatic heterocycles. The van der Waals surface area contributed by atoms with Crippen molar-refractivity contribution in [3.8, 4) is 17.2 Å². The van der Waals surface area contributed by atoms with Gasteiger partial charge in [0, 0.05) is 60.2 Å². The van der Waals surface area contributed by atoms with Gasteiger partial charge in [-0.2, -0.15) is 13.2 Å². The summed E-state index contributed by atoms with van der Waals surface area (Å²) in [5.41, 5.74) is 0.662. The highest BCUT2D eigenvalue weighted by atomic mass is 32.2. The van der Waals surface area contributed by atoms with Crippen molar-refractivity contribution in [1.82, 2.24) is 14.9 Å². The van der Waals surface area contributed by atoms with Crippen LogP contribution in [0, 0.1) is 17.1 Å². The number of nitrogens with zero attached hydrogens (tertiary/aromatic N) is 4. The quantitative estimate of drug-likeness (QED) is 0.217. The molecule has 0 amide bonds. The van der Waals surface area contributed by atoms with Crippen molar-refractivity contribution in [3.05, 3.63) is 78.5 Å². The number of piperidine rings is 1. The fourth-order valence-corrected chi connectivity index (χ4v) is 7.45. The molecule has 1 aromatic heterocycles. The lowest BCUT2D eigenvalue weighted by atomic mass is 9.85. The van der Waals surface area contributed by atoms with E-state index in [0.717, 1.165) is 16.4 Å². The zero-order valence-electron chi connectivity index (χ0n) is 25.1. The molecule has 0 radical (unpaired) electrons. The predicted octanol–water partition coefficient (Wildman–Crippen LogP) is 5.70. The summed E-state index contributed by atoms with van der Waals surface area (Å²) in [6, 6.07) is 6.85. The molecule has 5 rings (SSSR count). The molecule has 3 heterocycles. The third-order valence-corrected chi connectivity index (χ3v) is 10.1. The van der Waals surface area contributed by atoms with Gasteiger partial charge in [-0.25, -0.2) is 27.1 Å². The minimum Gasteiger partial charge on any atom is -0.497 e. The largest absolute Gasteiger partial charge is 0.497 e. The van der Waals surface area contributed by atoms with E-state index in [4.69, 9.17) is 19.6 Å². The fraction of sp³-hybridized carbons (Fsp3) is 0.387. The third-order valence-electron chi connectivity index (χ3n) is 8.36. The number of hydrogen-bond donors (Lipinski definition) is 1. The molecule has 0 bridgehead atoms. The van der Waals surface area contributed by atoms with Gasteiger partial charge in [-0.1, -0.05) is 6.58 Å². The van der Waals surface area contributed by atoms with E-state index in [0.29, 0.717) is 29.0 Å². The Kier molecular flexibility index (Phi) is 9.54. The number of methoxy groups -OCH3 is 2. The Morgan fingerprint density at radius 2 is 1.98 bits per heavy atom. The average Bonchev–Trinajstić information content (AvgIpc) is 3.05. The molecule has 1 fully saturated rings. The topological polar surface area (TPSA) is 118 Å². The number of fused-ring (bicyclic) bond motifs is 1. The summed E-state index contributed by atoms with van der Waals surface area (Å²) < 4.78 is 103. The molecular weight excluding hydrogens is 630 g/mol. The zero-order valence-corrected chi connectivity index (χ0v) is 25.9. The number of ether oxygens (including phenoxy) is 3. The first-order chi connectivity index (χ1) is 21.9. The first-order valence-corrected chi connectivity index (χ1v) is 15.8. The van der Waals surface area contributed by atoms with E-state index in [1.165, 1.54) is 38.9 Å². The Morgan fingerprint density at radius 1 is 1.20 bits per heavy atom. The summed E-state index contributed by atoms with van der Waals surface area (Å²) in [7, 11) is -1.74. The van der Waals surface area contributed by atoms with Crippen LogP contribution in [0.4, 0.5) is 23.4 Å². The highest BCUT2D eigenvalue weighted by Gasteiger charge is 2.47. The molecule has 0 unspecified atom stereocenters. The first kappa shape index (κ1) is 33.1. The van der Waals surface area contributed by atoms with Crippen LogP contribution >= 0.6 is 0 Å². The van der Waals surface area contributed by atoms with Crippen LogP contribution in [0.1, 0.15) is 36.4 Å². The van der Waals surface area contributed by atoms with Crippen LogP contribution < -0.4 is 18.5 Å². The summed E-state index contributed by atoms with van der Waals surface area (Å²) in [4.78, 5) is 9.03. The summed E-state index contributed by atoms with van der Waals surface area (Å²) in [6.45, 7) is 3.40. The number of aromatic nitrogens is 2. The molecule has 1 saturated heterocycles. The maximum atomic E-state index is 16.1. The van der Waals surface area contributed by atoms with E-state index < -0.39 is 44.9 Å². The van der Waals surface area contributed by atoms with Crippen molar-refractivity contribution in [3.63, 3.8) is 0 Å². The number of likely N-dealkylation sites (tertiary alicyclic amines) is 1. The van der Waals surface area contributed by atoms with Crippen LogP contribution in [0.25, 0.3) is 0 Å². The van der Waals surface area contributed by atoms with Crippen molar-refractivity contribution < 1.29 is 40.2 Å². The fourth-order valence-electron chi connectivity index (χ4n) is 5.99. The Bertz CT molecular complexity index is 1710. The van der Waals surface area contributed by atoms with E-state index >= 15 is 4.39 Å². The van der Waals surface area contributed by atoms with E-state index in [1.54, 1.807) is 23.1 Å². The Labute approximate surface area is 264 Å². The normalized spacial score (nSPS) is 20.3. The van der Waals surface area contributed by atoms with Crippen LogP contribution in [-0.2, 0) is 16.6 Å². The number of hydrogen-bond acceptors (Lipinski definition) is 9. The van der Waals surface area contributed by atoms with Gasteiger partial charge in [-0.3, -0.25) is 4.90 Å². The highest BCUT2D eigenvalue weighted by Crippen LogP contribution is 2.45. The third kappa shape index (κ3) is 6.51. The van der Waals surface area contributed by atoms with Crippen LogP contribution in [0.2, 0.25) is 0 Å². The molecule has 3 atom stereocenters. The molecule has 10 nitrogen and oxygen atoms in total. The van der Waals surface area contributed by atoms with Crippen LogP contribution in [-0.4, -0.2) is 68.6 Å². The highest BCUT2D eigenvalue weighted by molar-refractivity contribution is 7.92. The Hall–Kier alpha value is -4.24. The van der Waals surface area contributed by atoms with Gasteiger partial charge in [0.2, 0.25) is 0 Å². The number of alkyl halides is 3. The SMILES string of the molecule is C=CC(=N)[C@@H]1C[C@H](C(F)(F)F)CCN1[C@H]1CCOc2cc(S(=O)(=O)N(Cc3ccc(OC)cc3OC)c3ccncn3)c(F)cc21. The van der Waals surface area contributed by atoms with Gasteiger partial charge in [0.25, 0.3) is 10.0 Å². The molecule has 2 aliphatic rings. The summed E-state index contributed by atoms with van der Waals surface area (Å²) in [5.74, 6) is -1.78. The molecule has 2 aromatic carbocycles. The molecule has 0 saturated carbocycles. The second-order valence-corrected chi connectivity index (χ2v) is 12.7. The summed E-state index contributed by atoms with van der Waals surface area (Å²) in [5, 5.41) is 8.35. The second kappa shape index (κ2) is 13.2. The second-order valence-electron chi connectivity index (χ2n) is 10.9. The minimum absolute atomic E-state index is 0.00201. The van der Waals surface area contributed by atoms with Crippen LogP contribution in [0.15, 0.2) is 66.5 Å². The predicted molar refractivity (Wildman–Crippen MR) is 161 cm³/mol. The van der Waals surface area contributed by atoms with Gasteiger partial charge in [-0.05, 0) is 37.1 Å². The molecule has 0 spiro atoms. The van der Waals surface area contributed by atoms with Gasteiger partial charge in [0.05, 0.1) is 39.3 Å². The Morgan fingerprint density at radius 3 is 2.63 bits per heavy atom. The molecule has 46 heavy (non-hydrogen) atoms. The molecule has 246 valence electrons.